The number of hydrogen-bond acceptors (Lipinski definition) is 2. The summed E-state index contributed by atoms with van der Waals surface area (Å²) in [5.41, 5.74) is 0. The van der Waals surface area contributed by atoms with Gasteiger partial charge in [-0.15, -0.1) is 0 Å². The van der Waals surface area contributed by atoms with Crippen molar-refractivity contribution in [1.82, 2.24) is 0 Å². The van der Waals surface area contributed by atoms with E-state index in [1.807, 2.05) is 0 Å². The summed E-state index contributed by atoms with van der Waals surface area (Å²) in [5, 5.41) is 0. The van der Waals surface area contributed by atoms with Gasteiger partial charge in [0.05, 0.1) is 26.7 Å². The van der Waals surface area contributed by atoms with Crippen molar-refractivity contribution in [1.29, 1.82) is 0 Å². The van der Waals surface area contributed by atoms with Gasteiger partial charge in [0.25, 0.3) is 0 Å². The summed E-state index contributed by atoms with van der Waals surface area (Å²) in [6.45, 7) is 6.51. The maximum Gasteiger partial charge on any atom is 0.0766 e. The van der Waals surface area contributed by atoms with Crippen LogP contribution in [0.1, 0.15) is 38.5 Å². The summed E-state index contributed by atoms with van der Waals surface area (Å²) >= 11 is 0. The number of hydrogen-bond donors (Lipinski definition) is 0. The van der Waals surface area contributed by atoms with Gasteiger partial charge in [-0.1, -0.05) is 51.7 Å². The van der Waals surface area contributed by atoms with E-state index in [2.05, 4.69) is 22.6 Å². The Labute approximate surface area is 88.6 Å². The minimum absolute atomic E-state index is 1.38. The smallest absolute Gasteiger partial charge is 0.0766 e. The van der Waals surface area contributed by atoms with Gasteiger partial charge in [0.1, 0.15) is 0 Å². The summed E-state index contributed by atoms with van der Waals surface area (Å²) in [6, 6.07) is 0. The Balaban J connectivity index is 0. The standard InChI is InChI=1S/C6H12.2C3H6O/c1-2-4-6-5-3-1;2*1-3-4-2/h1-6H2;2*3H,1H2,2H3. The Bertz CT molecular complexity index is 87.4. The van der Waals surface area contributed by atoms with Crippen LogP contribution in [0.25, 0.3) is 0 Å². The highest BCUT2D eigenvalue weighted by Crippen LogP contribution is 2.15. The second-order valence-electron chi connectivity index (χ2n) is 2.93. The number of ether oxygens (including phenoxy) is 2. The molecule has 0 radical (unpaired) electrons. The fourth-order valence-electron chi connectivity index (χ4n) is 1.06. The lowest BCUT2D eigenvalue weighted by molar-refractivity contribution is 0.339. The van der Waals surface area contributed by atoms with Crippen molar-refractivity contribution in [3.63, 3.8) is 0 Å². The summed E-state index contributed by atoms with van der Waals surface area (Å²) < 4.78 is 8.61. The van der Waals surface area contributed by atoms with Gasteiger partial charge in [-0.05, 0) is 0 Å². The van der Waals surface area contributed by atoms with E-state index in [-0.39, 0.29) is 0 Å². The predicted octanol–water partition coefficient (Wildman–Crippen LogP) is 3.89. The molecule has 84 valence electrons. The predicted molar refractivity (Wildman–Crippen MR) is 62.1 cm³/mol. The summed E-state index contributed by atoms with van der Waals surface area (Å²) in [5.74, 6) is 0. The van der Waals surface area contributed by atoms with Crippen LogP contribution in [0, 0.1) is 0 Å². The molecule has 0 spiro atoms. The monoisotopic (exact) mass is 200 g/mol. The molecule has 0 amide bonds. The van der Waals surface area contributed by atoms with E-state index in [4.69, 9.17) is 0 Å². The Morgan fingerprint density at radius 1 is 0.714 bits per heavy atom. The summed E-state index contributed by atoms with van der Waals surface area (Å²) in [6.07, 6.45) is 11.8. The van der Waals surface area contributed by atoms with Gasteiger partial charge < -0.3 is 9.47 Å². The Morgan fingerprint density at radius 3 is 0.929 bits per heavy atom. The third-order valence-electron chi connectivity index (χ3n) is 1.83. The maximum atomic E-state index is 4.31. The highest BCUT2D eigenvalue weighted by atomic mass is 16.5. The van der Waals surface area contributed by atoms with E-state index in [1.54, 1.807) is 14.2 Å². The van der Waals surface area contributed by atoms with Gasteiger partial charge in [0.15, 0.2) is 0 Å². The molecule has 1 saturated carbocycles. The molecule has 2 nitrogen and oxygen atoms in total. The van der Waals surface area contributed by atoms with Crippen molar-refractivity contribution in [3.8, 4) is 0 Å². The van der Waals surface area contributed by atoms with E-state index < -0.39 is 0 Å². The zero-order valence-electron chi connectivity index (χ0n) is 9.63. The van der Waals surface area contributed by atoms with Crippen molar-refractivity contribution in [2.45, 2.75) is 38.5 Å². The molecule has 14 heavy (non-hydrogen) atoms. The van der Waals surface area contributed by atoms with E-state index in [1.165, 1.54) is 51.0 Å². The molecule has 1 rings (SSSR count). The van der Waals surface area contributed by atoms with Gasteiger partial charge in [-0.25, -0.2) is 0 Å². The van der Waals surface area contributed by atoms with Gasteiger partial charge >= 0.3 is 0 Å². The normalized spacial score (nSPS) is 13.3. The quantitative estimate of drug-likeness (QED) is 0.629. The van der Waals surface area contributed by atoms with Crippen LogP contribution in [-0.4, -0.2) is 14.2 Å². The third-order valence-corrected chi connectivity index (χ3v) is 1.83. The first-order valence-electron chi connectivity index (χ1n) is 5.10. The van der Waals surface area contributed by atoms with Gasteiger partial charge in [0.2, 0.25) is 0 Å². The van der Waals surface area contributed by atoms with Crippen molar-refractivity contribution >= 4 is 0 Å². The Kier molecular flexibility index (Phi) is 20.0. The first-order chi connectivity index (χ1) is 6.83. The van der Waals surface area contributed by atoms with Gasteiger partial charge in [0, 0.05) is 0 Å². The highest BCUT2D eigenvalue weighted by Gasteiger charge is 1.95. The van der Waals surface area contributed by atoms with E-state index in [0.717, 1.165) is 0 Å². The maximum absolute atomic E-state index is 4.31. The van der Waals surface area contributed by atoms with Crippen LogP contribution in [0.15, 0.2) is 25.7 Å². The average Bonchev–Trinajstić information content (AvgIpc) is 2.32. The molecule has 0 N–H and O–H groups in total. The number of methoxy groups -OCH3 is 2. The second kappa shape index (κ2) is 18.0. The Morgan fingerprint density at radius 2 is 0.857 bits per heavy atom. The topological polar surface area (TPSA) is 18.5 Å². The molecular formula is C12H24O2. The molecule has 0 aliphatic heterocycles. The molecule has 0 aromatic carbocycles. The van der Waals surface area contributed by atoms with Crippen LogP contribution in [0.2, 0.25) is 0 Å². The molecule has 0 aromatic rings. The molecule has 1 fully saturated rings. The van der Waals surface area contributed by atoms with E-state index in [0.29, 0.717) is 0 Å². The molecular weight excluding hydrogens is 176 g/mol. The van der Waals surface area contributed by atoms with Crippen molar-refractivity contribution in [3.05, 3.63) is 25.7 Å². The molecule has 2 heteroatoms. The largest absolute Gasteiger partial charge is 0.505 e. The molecule has 0 saturated heterocycles. The van der Waals surface area contributed by atoms with Crippen molar-refractivity contribution in [2.75, 3.05) is 14.2 Å². The molecule has 0 heterocycles. The van der Waals surface area contributed by atoms with Crippen LogP contribution in [0.4, 0.5) is 0 Å². The SMILES string of the molecule is C1CCCCC1.C=COC.C=COC. The number of rotatable bonds is 2. The first kappa shape index (κ1) is 15.5. The van der Waals surface area contributed by atoms with E-state index >= 15 is 0 Å². The van der Waals surface area contributed by atoms with Crippen LogP contribution >= 0.6 is 0 Å². The molecule has 0 aromatic heterocycles. The van der Waals surface area contributed by atoms with Crippen LogP contribution in [-0.2, 0) is 9.47 Å². The molecule has 1 aliphatic carbocycles. The average molecular weight is 200 g/mol. The van der Waals surface area contributed by atoms with Gasteiger partial charge in [-0.3, -0.25) is 0 Å². The van der Waals surface area contributed by atoms with E-state index in [9.17, 15) is 0 Å². The molecule has 1 aliphatic rings. The first-order valence-corrected chi connectivity index (χ1v) is 5.10. The zero-order chi connectivity index (χ0) is 11.1. The minimum atomic E-state index is 1.38. The lowest BCUT2D eigenvalue weighted by Gasteiger charge is -2.05. The highest BCUT2D eigenvalue weighted by molar-refractivity contribution is 4.51. The minimum Gasteiger partial charge on any atom is -0.505 e. The van der Waals surface area contributed by atoms with Crippen LogP contribution in [0.3, 0.4) is 0 Å². The summed E-state index contributed by atoms with van der Waals surface area (Å²) in [7, 11) is 3.12. The van der Waals surface area contributed by atoms with Crippen molar-refractivity contribution in [2.24, 2.45) is 0 Å². The molecule has 0 unspecified atom stereocenters. The van der Waals surface area contributed by atoms with Crippen molar-refractivity contribution < 1.29 is 9.47 Å². The van der Waals surface area contributed by atoms with Crippen LogP contribution < -0.4 is 0 Å². The molecule has 0 bridgehead atoms. The fourth-order valence-corrected chi connectivity index (χ4v) is 1.06. The van der Waals surface area contributed by atoms with Gasteiger partial charge in [-0.2, -0.15) is 0 Å². The lowest BCUT2D eigenvalue weighted by atomic mass is 10.0. The third kappa shape index (κ3) is 22.5. The summed E-state index contributed by atoms with van der Waals surface area (Å²) in [4.78, 5) is 0. The van der Waals surface area contributed by atoms with Crippen LogP contribution in [0.5, 0.6) is 0 Å². The Hall–Kier alpha value is -0.920. The molecule has 0 atom stereocenters. The fraction of sp³-hybridized carbons (Fsp3) is 0.667. The lowest BCUT2D eigenvalue weighted by Crippen LogP contribution is -1.85. The second-order valence-corrected chi connectivity index (χ2v) is 2.93. The zero-order valence-corrected chi connectivity index (χ0v) is 9.63.